The summed E-state index contributed by atoms with van der Waals surface area (Å²) >= 11 is 0. The van der Waals surface area contributed by atoms with E-state index >= 15 is 0 Å². The highest BCUT2D eigenvalue weighted by atomic mass is 16.5. The van der Waals surface area contributed by atoms with Gasteiger partial charge in [-0.15, -0.1) is 10.2 Å². The molecule has 4 aromatic rings. The first-order chi connectivity index (χ1) is 12.4. The van der Waals surface area contributed by atoms with Gasteiger partial charge in [-0.2, -0.15) is 5.10 Å². The molecule has 0 N–H and O–H groups in total. The van der Waals surface area contributed by atoms with E-state index in [1.54, 1.807) is 23.5 Å². The van der Waals surface area contributed by atoms with Crippen molar-refractivity contribution in [2.45, 2.75) is 6.61 Å². The molecule has 0 aliphatic heterocycles. The molecular formula is C20H16N4O. The highest BCUT2D eigenvalue weighted by molar-refractivity contribution is 6.02. The van der Waals surface area contributed by atoms with Crippen LogP contribution >= 0.6 is 0 Å². The summed E-state index contributed by atoms with van der Waals surface area (Å²) in [4.78, 5) is 0. The van der Waals surface area contributed by atoms with Gasteiger partial charge in [-0.25, -0.2) is 4.68 Å². The largest absolute Gasteiger partial charge is 0.488 e. The van der Waals surface area contributed by atoms with Gasteiger partial charge in [0.25, 0.3) is 0 Å². The predicted molar refractivity (Wildman–Crippen MR) is 97.7 cm³/mol. The van der Waals surface area contributed by atoms with Crippen LogP contribution in [0.25, 0.3) is 10.8 Å². The fourth-order valence-electron chi connectivity index (χ4n) is 2.65. The average molecular weight is 328 g/mol. The molecule has 1 aromatic heterocycles. The quantitative estimate of drug-likeness (QED) is 0.522. The Bertz CT molecular complexity index is 995. The maximum absolute atomic E-state index is 6.07. The summed E-state index contributed by atoms with van der Waals surface area (Å²) in [6.45, 7) is 0.507. The Balaban J connectivity index is 1.71. The summed E-state index contributed by atoms with van der Waals surface area (Å²) in [5.74, 6) is 0.791. The average Bonchev–Trinajstić information content (AvgIpc) is 3.19. The minimum atomic E-state index is 0.507. The topological polar surface area (TPSA) is 52.3 Å². The standard InChI is InChI=1S/C20H16N4O/c1-2-6-16(7-3-1)13-25-20-11-10-17-8-4-5-9-18(17)19(20)12-23-24-14-21-22-15-24/h1-12,14-15H,13H2/b23-12-. The smallest absolute Gasteiger partial charge is 0.141 e. The van der Waals surface area contributed by atoms with Crippen molar-refractivity contribution in [3.8, 4) is 5.75 Å². The van der Waals surface area contributed by atoms with Gasteiger partial charge < -0.3 is 4.74 Å². The molecule has 0 saturated heterocycles. The van der Waals surface area contributed by atoms with E-state index in [1.165, 1.54) is 0 Å². The molecule has 5 heteroatoms. The van der Waals surface area contributed by atoms with Crippen molar-refractivity contribution >= 4 is 17.0 Å². The monoisotopic (exact) mass is 328 g/mol. The minimum Gasteiger partial charge on any atom is -0.488 e. The molecule has 122 valence electrons. The third-order valence-electron chi connectivity index (χ3n) is 3.89. The third kappa shape index (κ3) is 3.40. The molecule has 0 bridgehead atoms. The third-order valence-corrected chi connectivity index (χ3v) is 3.89. The van der Waals surface area contributed by atoms with Crippen LogP contribution in [0.5, 0.6) is 5.75 Å². The minimum absolute atomic E-state index is 0.507. The van der Waals surface area contributed by atoms with E-state index in [-0.39, 0.29) is 0 Å². The number of ether oxygens (including phenoxy) is 1. The van der Waals surface area contributed by atoms with Gasteiger partial charge in [-0.3, -0.25) is 0 Å². The van der Waals surface area contributed by atoms with Crippen LogP contribution in [-0.4, -0.2) is 21.1 Å². The lowest BCUT2D eigenvalue weighted by Gasteiger charge is -2.12. The van der Waals surface area contributed by atoms with Gasteiger partial charge in [0.05, 0.1) is 6.21 Å². The summed E-state index contributed by atoms with van der Waals surface area (Å²) < 4.78 is 7.63. The second-order valence-corrected chi connectivity index (χ2v) is 5.56. The maximum Gasteiger partial charge on any atom is 0.141 e. The lowest BCUT2D eigenvalue weighted by molar-refractivity contribution is 0.306. The zero-order chi connectivity index (χ0) is 16.9. The lowest BCUT2D eigenvalue weighted by atomic mass is 10.0. The lowest BCUT2D eigenvalue weighted by Crippen LogP contribution is -1.99. The van der Waals surface area contributed by atoms with Crippen molar-refractivity contribution in [3.05, 3.63) is 90.5 Å². The molecular weight excluding hydrogens is 312 g/mol. The van der Waals surface area contributed by atoms with E-state index in [2.05, 4.69) is 33.5 Å². The number of hydrogen-bond acceptors (Lipinski definition) is 4. The van der Waals surface area contributed by atoms with Gasteiger partial charge in [0, 0.05) is 5.56 Å². The number of rotatable bonds is 5. The normalized spacial score (nSPS) is 11.2. The molecule has 4 rings (SSSR count). The van der Waals surface area contributed by atoms with Crippen molar-refractivity contribution in [2.75, 3.05) is 0 Å². The van der Waals surface area contributed by atoms with Gasteiger partial charge in [0.15, 0.2) is 0 Å². The van der Waals surface area contributed by atoms with E-state index in [0.29, 0.717) is 6.61 Å². The molecule has 25 heavy (non-hydrogen) atoms. The molecule has 0 saturated carbocycles. The Morgan fingerprint density at radius 2 is 1.64 bits per heavy atom. The molecule has 0 aliphatic rings. The first kappa shape index (κ1) is 15.1. The Morgan fingerprint density at radius 3 is 2.48 bits per heavy atom. The van der Waals surface area contributed by atoms with Gasteiger partial charge in [0.1, 0.15) is 25.0 Å². The summed E-state index contributed by atoms with van der Waals surface area (Å²) in [5, 5.41) is 14.1. The number of fused-ring (bicyclic) bond motifs is 1. The van der Waals surface area contributed by atoms with Crippen molar-refractivity contribution in [1.29, 1.82) is 0 Å². The van der Waals surface area contributed by atoms with Crippen molar-refractivity contribution in [3.63, 3.8) is 0 Å². The summed E-state index contributed by atoms with van der Waals surface area (Å²) in [5.41, 5.74) is 2.06. The van der Waals surface area contributed by atoms with E-state index in [1.807, 2.05) is 48.5 Å². The van der Waals surface area contributed by atoms with Crippen molar-refractivity contribution in [1.82, 2.24) is 14.9 Å². The molecule has 0 amide bonds. The van der Waals surface area contributed by atoms with Crippen LogP contribution < -0.4 is 4.74 Å². The molecule has 0 fully saturated rings. The highest BCUT2D eigenvalue weighted by Gasteiger charge is 2.07. The number of nitrogens with zero attached hydrogens (tertiary/aromatic N) is 4. The SMILES string of the molecule is C(=N/n1cnnc1)/c1c(OCc2ccccc2)ccc2ccccc12. The van der Waals surface area contributed by atoms with Gasteiger partial charge >= 0.3 is 0 Å². The van der Waals surface area contributed by atoms with Crippen LogP contribution in [0.15, 0.2) is 84.5 Å². The van der Waals surface area contributed by atoms with Crippen LogP contribution in [0.2, 0.25) is 0 Å². The van der Waals surface area contributed by atoms with Gasteiger partial charge in [-0.1, -0.05) is 60.7 Å². The number of benzene rings is 3. The molecule has 0 radical (unpaired) electrons. The number of hydrogen-bond donors (Lipinski definition) is 0. The Hall–Kier alpha value is -3.47. The van der Waals surface area contributed by atoms with Gasteiger partial charge in [0.2, 0.25) is 0 Å². The second kappa shape index (κ2) is 6.97. The molecule has 5 nitrogen and oxygen atoms in total. The van der Waals surface area contributed by atoms with E-state index < -0.39 is 0 Å². The first-order valence-corrected chi connectivity index (χ1v) is 7.97. The molecule has 0 spiro atoms. The van der Waals surface area contributed by atoms with Crippen molar-refractivity contribution in [2.24, 2.45) is 5.10 Å². The van der Waals surface area contributed by atoms with Crippen LogP contribution in [0.1, 0.15) is 11.1 Å². The molecule has 0 aliphatic carbocycles. The highest BCUT2D eigenvalue weighted by Crippen LogP contribution is 2.27. The fourth-order valence-corrected chi connectivity index (χ4v) is 2.65. The molecule has 1 heterocycles. The maximum atomic E-state index is 6.07. The van der Waals surface area contributed by atoms with Gasteiger partial charge in [-0.05, 0) is 22.4 Å². The molecule has 0 atom stereocenters. The zero-order valence-electron chi connectivity index (χ0n) is 13.5. The Morgan fingerprint density at radius 1 is 0.880 bits per heavy atom. The fraction of sp³-hybridized carbons (Fsp3) is 0.0500. The summed E-state index contributed by atoms with van der Waals surface area (Å²) in [6, 6.07) is 22.3. The van der Waals surface area contributed by atoms with Crippen LogP contribution in [0.3, 0.4) is 0 Å². The number of aromatic nitrogens is 3. The Kier molecular flexibility index (Phi) is 4.20. The molecule has 0 unspecified atom stereocenters. The second-order valence-electron chi connectivity index (χ2n) is 5.56. The Labute approximate surface area is 145 Å². The van der Waals surface area contributed by atoms with Crippen LogP contribution in [0, 0.1) is 0 Å². The van der Waals surface area contributed by atoms with E-state index in [4.69, 9.17) is 4.74 Å². The zero-order valence-corrected chi connectivity index (χ0v) is 13.5. The predicted octanol–water partition coefficient (Wildman–Crippen LogP) is 3.89. The van der Waals surface area contributed by atoms with E-state index in [9.17, 15) is 0 Å². The van der Waals surface area contributed by atoms with E-state index in [0.717, 1.165) is 27.6 Å². The summed E-state index contributed by atoms with van der Waals surface area (Å²) in [7, 11) is 0. The first-order valence-electron chi connectivity index (χ1n) is 7.97. The molecule has 3 aromatic carbocycles. The van der Waals surface area contributed by atoms with Crippen LogP contribution in [-0.2, 0) is 6.61 Å². The van der Waals surface area contributed by atoms with Crippen molar-refractivity contribution < 1.29 is 4.74 Å². The van der Waals surface area contributed by atoms with Crippen LogP contribution in [0.4, 0.5) is 0 Å². The summed E-state index contributed by atoms with van der Waals surface area (Å²) in [6.07, 6.45) is 4.88.